The zero-order chi connectivity index (χ0) is 12.1. The number of carbonyl (C=O) groups is 1. The third-order valence-corrected chi connectivity index (χ3v) is 2.72. The summed E-state index contributed by atoms with van der Waals surface area (Å²) < 4.78 is 0. The van der Waals surface area contributed by atoms with Crippen LogP contribution in [0.25, 0.3) is 0 Å². The molecule has 0 radical (unpaired) electrons. The van der Waals surface area contributed by atoms with Gasteiger partial charge in [0, 0.05) is 5.92 Å². The van der Waals surface area contributed by atoms with E-state index >= 15 is 0 Å². The molecule has 1 unspecified atom stereocenters. The largest absolute Gasteiger partial charge is 0.481 e. The lowest BCUT2D eigenvalue weighted by atomic mass is 9.93. The Balaban J connectivity index is 2.82. The second kappa shape index (κ2) is 5.66. The van der Waals surface area contributed by atoms with Crippen LogP contribution in [0.3, 0.4) is 0 Å². The van der Waals surface area contributed by atoms with Crippen molar-refractivity contribution in [2.75, 3.05) is 6.61 Å². The number of benzene rings is 1. The summed E-state index contributed by atoms with van der Waals surface area (Å²) >= 11 is 0. The fourth-order valence-electron chi connectivity index (χ4n) is 1.65. The highest BCUT2D eigenvalue weighted by molar-refractivity contribution is 5.68. The van der Waals surface area contributed by atoms with Crippen molar-refractivity contribution in [3.8, 4) is 0 Å². The highest BCUT2D eigenvalue weighted by Gasteiger charge is 2.14. The third kappa shape index (κ3) is 3.35. The monoisotopic (exact) mass is 222 g/mol. The minimum atomic E-state index is -0.882. The number of aliphatic carboxylic acids is 1. The maximum atomic E-state index is 10.6. The zero-order valence-electron chi connectivity index (χ0n) is 9.68. The van der Waals surface area contributed by atoms with Gasteiger partial charge in [-0.2, -0.15) is 0 Å². The SMILES string of the molecule is CC(C)c1ccc(C(CO)CC(=O)O)cc1. The van der Waals surface area contributed by atoms with E-state index in [2.05, 4.69) is 13.8 Å². The molecule has 1 rings (SSSR count). The Kier molecular flexibility index (Phi) is 4.50. The number of hydrogen-bond donors (Lipinski definition) is 2. The van der Waals surface area contributed by atoms with Crippen LogP contribution in [0.2, 0.25) is 0 Å². The fourth-order valence-corrected chi connectivity index (χ4v) is 1.65. The van der Waals surface area contributed by atoms with Crippen LogP contribution in [-0.4, -0.2) is 22.8 Å². The van der Waals surface area contributed by atoms with Crippen LogP contribution >= 0.6 is 0 Å². The van der Waals surface area contributed by atoms with Gasteiger partial charge in [-0.3, -0.25) is 4.79 Å². The van der Waals surface area contributed by atoms with Gasteiger partial charge in [-0.15, -0.1) is 0 Å². The Bertz CT molecular complexity index is 341. The van der Waals surface area contributed by atoms with E-state index in [1.165, 1.54) is 5.56 Å². The molecule has 0 heterocycles. The summed E-state index contributed by atoms with van der Waals surface area (Å²) in [7, 11) is 0. The van der Waals surface area contributed by atoms with E-state index < -0.39 is 5.97 Å². The molecule has 1 atom stereocenters. The lowest BCUT2D eigenvalue weighted by molar-refractivity contribution is -0.137. The smallest absolute Gasteiger partial charge is 0.304 e. The molecule has 0 aromatic heterocycles. The quantitative estimate of drug-likeness (QED) is 0.804. The molecule has 3 heteroatoms. The molecule has 0 spiro atoms. The Morgan fingerprint density at radius 3 is 2.06 bits per heavy atom. The van der Waals surface area contributed by atoms with Crippen molar-refractivity contribution in [3.63, 3.8) is 0 Å². The van der Waals surface area contributed by atoms with E-state index in [-0.39, 0.29) is 18.9 Å². The predicted octanol–water partition coefficient (Wildman–Crippen LogP) is 2.36. The molecule has 0 saturated heterocycles. The molecule has 16 heavy (non-hydrogen) atoms. The molecular weight excluding hydrogens is 204 g/mol. The van der Waals surface area contributed by atoms with Crippen molar-refractivity contribution >= 4 is 5.97 Å². The molecular formula is C13H18O3. The van der Waals surface area contributed by atoms with E-state index in [4.69, 9.17) is 10.2 Å². The standard InChI is InChI=1S/C13H18O3/c1-9(2)10-3-5-11(6-4-10)12(8-14)7-13(15)16/h3-6,9,12,14H,7-8H2,1-2H3,(H,15,16). The molecule has 0 aliphatic rings. The van der Waals surface area contributed by atoms with Crippen LogP contribution in [0.15, 0.2) is 24.3 Å². The first-order valence-electron chi connectivity index (χ1n) is 5.47. The van der Waals surface area contributed by atoms with E-state index in [0.717, 1.165) is 5.56 Å². The van der Waals surface area contributed by atoms with Gasteiger partial charge in [0.1, 0.15) is 0 Å². The van der Waals surface area contributed by atoms with E-state index in [1.807, 2.05) is 24.3 Å². The van der Waals surface area contributed by atoms with Crippen LogP contribution in [0.1, 0.15) is 43.2 Å². The molecule has 0 saturated carbocycles. The van der Waals surface area contributed by atoms with Gasteiger partial charge < -0.3 is 10.2 Å². The lowest BCUT2D eigenvalue weighted by Crippen LogP contribution is -2.10. The minimum absolute atomic E-state index is 0.0302. The Hall–Kier alpha value is -1.35. The first-order valence-corrected chi connectivity index (χ1v) is 5.47. The number of carboxylic acid groups (broad SMARTS) is 1. The van der Waals surface area contributed by atoms with Crippen LogP contribution in [-0.2, 0) is 4.79 Å². The first kappa shape index (κ1) is 12.7. The van der Waals surface area contributed by atoms with Crippen molar-refractivity contribution < 1.29 is 15.0 Å². The van der Waals surface area contributed by atoms with Gasteiger partial charge in [0.05, 0.1) is 13.0 Å². The molecule has 2 N–H and O–H groups in total. The van der Waals surface area contributed by atoms with Crippen molar-refractivity contribution in [1.82, 2.24) is 0 Å². The molecule has 0 aliphatic carbocycles. The fraction of sp³-hybridized carbons (Fsp3) is 0.462. The molecule has 0 bridgehead atoms. The number of aliphatic hydroxyl groups excluding tert-OH is 1. The van der Waals surface area contributed by atoms with Crippen LogP contribution < -0.4 is 0 Å². The van der Waals surface area contributed by atoms with E-state index in [1.54, 1.807) is 0 Å². The summed E-state index contributed by atoms with van der Waals surface area (Å²) in [4.78, 5) is 10.6. The summed E-state index contributed by atoms with van der Waals surface area (Å²) in [5.74, 6) is -0.730. The number of carboxylic acids is 1. The molecule has 0 amide bonds. The van der Waals surface area contributed by atoms with Gasteiger partial charge in [0.2, 0.25) is 0 Å². The molecule has 0 aliphatic heterocycles. The van der Waals surface area contributed by atoms with Crippen LogP contribution in [0.5, 0.6) is 0 Å². The average Bonchev–Trinajstić information content (AvgIpc) is 2.25. The van der Waals surface area contributed by atoms with E-state index in [0.29, 0.717) is 5.92 Å². The number of hydrogen-bond acceptors (Lipinski definition) is 2. The van der Waals surface area contributed by atoms with Gasteiger partial charge in [0.15, 0.2) is 0 Å². The highest BCUT2D eigenvalue weighted by Crippen LogP contribution is 2.22. The predicted molar refractivity (Wildman–Crippen MR) is 62.6 cm³/mol. The second-order valence-corrected chi connectivity index (χ2v) is 4.30. The first-order chi connectivity index (χ1) is 7.54. The maximum Gasteiger partial charge on any atom is 0.304 e. The van der Waals surface area contributed by atoms with Gasteiger partial charge in [0.25, 0.3) is 0 Å². The van der Waals surface area contributed by atoms with Crippen LogP contribution in [0.4, 0.5) is 0 Å². The van der Waals surface area contributed by atoms with Gasteiger partial charge >= 0.3 is 5.97 Å². The normalized spacial score (nSPS) is 12.8. The zero-order valence-corrected chi connectivity index (χ0v) is 9.68. The average molecular weight is 222 g/mol. The molecule has 88 valence electrons. The summed E-state index contributed by atoms with van der Waals surface area (Å²) in [6.07, 6.45) is -0.0302. The maximum absolute atomic E-state index is 10.6. The van der Waals surface area contributed by atoms with Crippen molar-refractivity contribution in [2.24, 2.45) is 0 Å². The Morgan fingerprint density at radius 1 is 1.19 bits per heavy atom. The molecule has 0 fully saturated rings. The van der Waals surface area contributed by atoms with Gasteiger partial charge in [-0.1, -0.05) is 38.1 Å². The Morgan fingerprint density at radius 2 is 1.69 bits per heavy atom. The van der Waals surface area contributed by atoms with Crippen molar-refractivity contribution in [3.05, 3.63) is 35.4 Å². The molecule has 3 nitrogen and oxygen atoms in total. The van der Waals surface area contributed by atoms with Crippen molar-refractivity contribution in [1.29, 1.82) is 0 Å². The minimum Gasteiger partial charge on any atom is -0.481 e. The lowest BCUT2D eigenvalue weighted by Gasteiger charge is -2.13. The topological polar surface area (TPSA) is 57.5 Å². The summed E-state index contributed by atoms with van der Waals surface area (Å²) in [6, 6.07) is 7.79. The number of rotatable bonds is 5. The number of aliphatic hydroxyl groups is 1. The summed E-state index contributed by atoms with van der Waals surface area (Å²) in [5, 5.41) is 17.9. The molecule has 1 aromatic carbocycles. The summed E-state index contributed by atoms with van der Waals surface area (Å²) in [6.45, 7) is 4.08. The summed E-state index contributed by atoms with van der Waals surface area (Å²) in [5.41, 5.74) is 2.10. The van der Waals surface area contributed by atoms with Crippen molar-refractivity contribution in [2.45, 2.75) is 32.1 Å². The second-order valence-electron chi connectivity index (χ2n) is 4.30. The van der Waals surface area contributed by atoms with Crippen LogP contribution in [0, 0.1) is 0 Å². The highest BCUT2D eigenvalue weighted by atomic mass is 16.4. The van der Waals surface area contributed by atoms with Gasteiger partial charge in [-0.25, -0.2) is 0 Å². The third-order valence-electron chi connectivity index (χ3n) is 2.72. The Labute approximate surface area is 95.7 Å². The van der Waals surface area contributed by atoms with Gasteiger partial charge in [-0.05, 0) is 17.0 Å². The molecule has 1 aromatic rings. The van der Waals surface area contributed by atoms with E-state index in [9.17, 15) is 4.79 Å².